The Morgan fingerprint density at radius 1 is 1.53 bits per heavy atom. The first-order valence-corrected chi connectivity index (χ1v) is 5.22. The van der Waals surface area contributed by atoms with Crippen molar-refractivity contribution in [2.45, 2.75) is 6.42 Å². The van der Waals surface area contributed by atoms with E-state index in [0.717, 1.165) is 5.56 Å². The molecule has 0 aliphatic heterocycles. The van der Waals surface area contributed by atoms with Gasteiger partial charge in [-0.25, -0.2) is 0 Å². The first kappa shape index (κ1) is 11.6. The zero-order valence-corrected chi connectivity index (χ0v) is 9.77. The van der Waals surface area contributed by atoms with E-state index >= 15 is 0 Å². The minimum Gasteiger partial charge on any atom is -0.469 e. The average Bonchev–Trinajstić information content (AvgIpc) is 2.77. The van der Waals surface area contributed by atoms with Crippen LogP contribution >= 0.6 is 11.6 Å². The van der Waals surface area contributed by atoms with Gasteiger partial charge in [0, 0.05) is 10.6 Å². The van der Waals surface area contributed by atoms with Crippen LogP contribution in [-0.2, 0) is 16.0 Å². The number of hydrogen-bond acceptors (Lipinski definition) is 5. The first-order valence-electron chi connectivity index (χ1n) is 4.84. The van der Waals surface area contributed by atoms with Crippen molar-refractivity contribution in [3.63, 3.8) is 0 Å². The third-order valence-corrected chi connectivity index (χ3v) is 2.31. The van der Waals surface area contributed by atoms with Gasteiger partial charge in [-0.2, -0.15) is 4.98 Å². The molecule has 2 aromatic rings. The van der Waals surface area contributed by atoms with Gasteiger partial charge in [0.25, 0.3) is 0 Å². The molecule has 0 radical (unpaired) electrons. The van der Waals surface area contributed by atoms with Gasteiger partial charge in [-0.3, -0.25) is 4.79 Å². The van der Waals surface area contributed by atoms with Crippen LogP contribution in [0.1, 0.15) is 5.89 Å². The lowest BCUT2D eigenvalue weighted by Gasteiger charge is -1.94. The highest BCUT2D eigenvalue weighted by atomic mass is 35.5. The molecule has 0 atom stereocenters. The first-order chi connectivity index (χ1) is 8.19. The van der Waals surface area contributed by atoms with Crippen LogP contribution in [0.5, 0.6) is 0 Å². The molecule has 0 unspecified atom stereocenters. The molecule has 0 aliphatic carbocycles. The SMILES string of the molecule is COC(=O)Cc1nc(-c2cccc(Cl)c2)no1. The highest BCUT2D eigenvalue weighted by Crippen LogP contribution is 2.19. The summed E-state index contributed by atoms with van der Waals surface area (Å²) in [5.41, 5.74) is 0.734. The van der Waals surface area contributed by atoms with Gasteiger partial charge in [-0.15, -0.1) is 0 Å². The molecule has 0 amide bonds. The van der Waals surface area contributed by atoms with Crippen LogP contribution in [0.4, 0.5) is 0 Å². The Balaban J connectivity index is 2.21. The Morgan fingerprint density at radius 3 is 3.06 bits per heavy atom. The van der Waals surface area contributed by atoms with E-state index in [1.807, 2.05) is 0 Å². The van der Waals surface area contributed by atoms with E-state index in [9.17, 15) is 4.79 Å². The second-order valence-corrected chi connectivity index (χ2v) is 3.71. The lowest BCUT2D eigenvalue weighted by Crippen LogP contribution is -2.04. The molecule has 1 heterocycles. The van der Waals surface area contributed by atoms with Crippen LogP contribution in [0.15, 0.2) is 28.8 Å². The molecule has 6 heteroatoms. The number of carbonyl (C=O) groups excluding carboxylic acids is 1. The van der Waals surface area contributed by atoms with Crippen LogP contribution in [-0.4, -0.2) is 23.2 Å². The summed E-state index contributed by atoms with van der Waals surface area (Å²) in [6.45, 7) is 0. The Labute approximate surface area is 102 Å². The summed E-state index contributed by atoms with van der Waals surface area (Å²) in [6.07, 6.45) is -0.0376. The van der Waals surface area contributed by atoms with Crippen LogP contribution in [0.3, 0.4) is 0 Å². The number of ether oxygens (including phenoxy) is 1. The quantitative estimate of drug-likeness (QED) is 0.783. The smallest absolute Gasteiger partial charge is 0.315 e. The lowest BCUT2D eigenvalue weighted by molar-refractivity contribution is -0.140. The highest BCUT2D eigenvalue weighted by molar-refractivity contribution is 6.30. The number of benzene rings is 1. The average molecular weight is 253 g/mol. The number of aromatic nitrogens is 2. The van der Waals surface area contributed by atoms with Gasteiger partial charge >= 0.3 is 5.97 Å². The topological polar surface area (TPSA) is 65.2 Å². The number of halogens is 1. The summed E-state index contributed by atoms with van der Waals surface area (Å²) in [6, 6.07) is 7.06. The molecule has 0 saturated heterocycles. The Bertz CT molecular complexity index is 539. The van der Waals surface area contributed by atoms with E-state index in [-0.39, 0.29) is 12.3 Å². The van der Waals surface area contributed by atoms with E-state index in [2.05, 4.69) is 14.9 Å². The van der Waals surface area contributed by atoms with E-state index in [0.29, 0.717) is 10.8 Å². The number of rotatable bonds is 3. The van der Waals surface area contributed by atoms with Gasteiger partial charge < -0.3 is 9.26 Å². The normalized spacial score (nSPS) is 10.2. The van der Waals surface area contributed by atoms with Gasteiger partial charge in [0.1, 0.15) is 6.42 Å². The number of hydrogen-bond donors (Lipinski definition) is 0. The third-order valence-electron chi connectivity index (χ3n) is 2.07. The van der Waals surface area contributed by atoms with E-state index in [4.69, 9.17) is 16.1 Å². The van der Waals surface area contributed by atoms with Crippen molar-refractivity contribution < 1.29 is 14.1 Å². The number of nitrogens with zero attached hydrogens (tertiary/aromatic N) is 2. The molecular weight excluding hydrogens is 244 g/mol. The monoisotopic (exact) mass is 252 g/mol. The summed E-state index contributed by atoms with van der Waals surface area (Å²) < 4.78 is 9.43. The predicted octanol–water partition coefficient (Wildman–Crippen LogP) is 2.11. The maximum Gasteiger partial charge on any atom is 0.315 e. The lowest BCUT2D eigenvalue weighted by atomic mass is 10.2. The standard InChI is InChI=1S/C11H9ClN2O3/c1-16-10(15)6-9-13-11(14-17-9)7-3-2-4-8(12)5-7/h2-5H,6H2,1H3. The number of esters is 1. The van der Waals surface area contributed by atoms with Crippen molar-refractivity contribution in [3.8, 4) is 11.4 Å². The van der Waals surface area contributed by atoms with Crippen molar-refractivity contribution in [2.75, 3.05) is 7.11 Å². The summed E-state index contributed by atoms with van der Waals surface area (Å²) in [5.74, 6) is 0.185. The molecule has 2 rings (SSSR count). The maximum absolute atomic E-state index is 11.0. The van der Waals surface area contributed by atoms with Gasteiger partial charge in [0.2, 0.25) is 11.7 Å². The Hall–Kier alpha value is -1.88. The molecule has 17 heavy (non-hydrogen) atoms. The van der Waals surface area contributed by atoms with Crippen molar-refractivity contribution in [1.29, 1.82) is 0 Å². The summed E-state index contributed by atoms with van der Waals surface area (Å²) >= 11 is 5.85. The second-order valence-electron chi connectivity index (χ2n) is 3.27. The zero-order chi connectivity index (χ0) is 12.3. The minimum atomic E-state index is -0.425. The molecule has 88 valence electrons. The fourth-order valence-electron chi connectivity index (χ4n) is 1.27. The van der Waals surface area contributed by atoms with E-state index in [1.54, 1.807) is 24.3 Å². The summed E-state index contributed by atoms with van der Waals surface area (Å²) in [5, 5.41) is 4.35. The molecule has 0 spiro atoms. The van der Waals surface area contributed by atoms with Gasteiger partial charge in [0.05, 0.1) is 7.11 Å². The molecule has 0 N–H and O–H groups in total. The molecule has 1 aromatic carbocycles. The van der Waals surface area contributed by atoms with Crippen LogP contribution < -0.4 is 0 Å². The van der Waals surface area contributed by atoms with E-state index in [1.165, 1.54) is 7.11 Å². The number of carbonyl (C=O) groups is 1. The molecular formula is C11H9ClN2O3. The molecule has 0 aliphatic rings. The van der Waals surface area contributed by atoms with Gasteiger partial charge in [-0.1, -0.05) is 28.9 Å². The zero-order valence-electron chi connectivity index (χ0n) is 9.01. The Kier molecular flexibility index (Phi) is 3.39. The van der Waals surface area contributed by atoms with Gasteiger partial charge in [0.15, 0.2) is 0 Å². The van der Waals surface area contributed by atoms with Crippen LogP contribution in [0.2, 0.25) is 5.02 Å². The summed E-state index contributed by atoms with van der Waals surface area (Å²) in [4.78, 5) is 15.1. The fourth-order valence-corrected chi connectivity index (χ4v) is 1.46. The van der Waals surface area contributed by atoms with Crippen LogP contribution in [0, 0.1) is 0 Å². The molecule has 0 saturated carbocycles. The third kappa shape index (κ3) is 2.82. The van der Waals surface area contributed by atoms with Crippen molar-refractivity contribution >= 4 is 17.6 Å². The number of methoxy groups -OCH3 is 1. The Morgan fingerprint density at radius 2 is 2.35 bits per heavy atom. The van der Waals surface area contributed by atoms with E-state index < -0.39 is 5.97 Å². The highest BCUT2D eigenvalue weighted by Gasteiger charge is 2.12. The minimum absolute atomic E-state index is 0.0376. The summed E-state index contributed by atoms with van der Waals surface area (Å²) in [7, 11) is 1.30. The van der Waals surface area contributed by atoms with Crippen molar-refractivity contribution in [1.82, 2.24) is 10.1 Å². The van der Waals surface area contributed by atoms with Crippen molar-refractivity contribution in [2.24, 2.45) is 0 Å². The maximum atomic E-state index is 11.0. The second kappa shape index (κ2) is 4.97. The largest absolute Gasteiger partial charge is 0.469 e. The van der Waals surface area contributed by atoms with Gasteiger partial charge in [-0.05, 0) is 12.1 Å². The molecule has 0 fully saturated rings. The molecule has 0 bridgehead atoms. The predicted molar refractivity (Wildman–Crippen MR) is 60.5 cm³/mol. The van der Waals surface area contributed by atoms with Crippen molar-refractivity contribution in [3.05, 3.63) is 35.2 Å². The van der Waals surface area contributed by atoms with Crippen LogP contribution in [0.25, 0.3) is 11.4 Å². The fraction of sp³-hybridized carbons (Fsp3) is 0.182. The molecule has 1 aromatic heterocycles. The molecule has 5 nitrogen and oxygen atoms in total.